The lowest BCUT2D eigenvalue weighted by molar-refractivity contribution is -0.143. The standard InChI is InChI=1S/C14H16F3NO2.ClH/c15-14(16,17)12-3-1-10(2-4-12)9-18-7-5-11(6-8-18)13(19)20;/h1-4,11H,5-9H2,(H,19,20);1H. The molecule has 21 heavy (non-hydrogen) atoms. The summed E-state index contributed by atoms with van der Waals surface area (Å²) in [6.07, 6.45) is -3.12. The van der Waals surface area contributed by atoms with E-state index in [2.05, 4.69) is 4.90 Å². The van der Waals surface area contributed by atoms with Gasteiger partial charge in [-0.3, -0.25) is 9.69 Å². The number of benzene rings is 1. The number of alkyl halides is 3. The monoisotopic (exact) mass is 323 g/mol. The van der Waals surface area contributed by atoms with Gasteiger partial charge in [0.25, 0.3) is 0 Å². The molecule has 1 aliphatic rings. The largest absolute Gasteiger partial charge is 0.481 e. The van der Waals surface area contributed by atoms with Gasteiger partial charge in [-0.15, -0.1) is 12.4 Å². The molecule has 0 aromatic heterocycles. The smallest absolute Gasteiger partial charge is 0.416 e. The second kappa shape index (κ2) is 7.13. The number of likely N-dealkylation sites (tertiary alicyclic amines) is 1. The lowest BCUT2D eigenvalue weighted by Gasteiger charge is -2.30. The van der Waals surface area contributed by atoms with Gasteiger partial charge in [-0.2, -0.15) is 13.2 Å². The fourth-order valence-corrected chi connectivity index (χ4v) is 2.40. The van der Waals surface area contributed by atoms with Crippen molar-refractivity contribution in [3.63, 3.8) is 0 Å². The lowest BCUT2D eigenvalue weighted by atomic mass is 9.97. The molecule has 0 radical (unpaired) electrons. The molecule has 118 valence electrons. The van der Waals surface area contributed by atoms with Crippen LogP contribution in [0.25, 0.3) is 0 Å². The number of carboxylic acid groups (broad SMARTS) is 1. The minimum absolute atomic E-state index is 0. The maximum absolute atomic E-state index is 12.4. The fourth-order valence-electron chi connectivity index (χ4n) is 2.40. The molecule has 1 heterocycles. The first-order valence-corrected chi connectivity index (χ1v) is 6.47. The van der Waals surface area contributed by atoms with E-state index in [1.54, 1.807) is 0 Å². The molecule has 1 aromatic rings. The molecule has 0 bridgehead atoms. The number of hydrogen-bond acceptors (Lipinski definition) is 2. The Kier molecular flexibility index (Phi) is 6.04. The number of nitrogens with zero attached hydrogens (tertiary/aromatic N) is 1. The van der Waals surface area contributed by atoms with Crippen LogP contribution in [0.5, 0.6) is 0 Å². The highest BCUT2D eigenvalue weighted by atomic mass is 35.5. The van der Waals surface area contributed by atoms with E-state index in [4.69, 9.17) is 5.11 Å². The Labute approximate surface area is 127 Å². The summed E-state index contributed by atoms with van der Waals surface area (Å²) in [6, 6.07) is 5.12. The zero-order chi connectivity index (χ0) is 14.8. The zero-order valence-corrected chi connectivity index (χ0v) is 12.1. The topological polar surface area (TPSA) is 40.5 Å². The molecule has 0 amide bonds. The number of rotatable bonds is 3. The molecular formula is C14H17ClF3NO2. The molecule has 1 aromatic carbocycles. The van der Waals surface area contributed by atoms with E-state index >= 15 is 0 Å². The van der Waals surface area contributed by atoms with Crippen LogP contribution >= 0.6 is 12.4 Å². The summed E-state index contributed by atoms with van der Waals surface area (Å²) in [5.74, 6) is -1.06. The maximum Gasteiger partial charge on any atom is 0.416 e. The Bertz CT molecular complexity index is 468. The summed E-state index contributed by atoms with van der Waals surface area (Å²) in [6.45, 7) is 1.89. The van der Waals surface area contributed by atoms with Crippen molar-refractivity contribution in [2.24, 2.45) is 5.92 Å². The highest BCUT2D eigenvalue weighted by Crippen LogP contribution is 2.29. The van der Waals surface area contributed by atoms with E-state index in [0.29, 0.717) is 32.5 Å². The second-order valence-corrected chi connectivity index (χ2v) is 5.08. The highest BCUT2D eigenvalue weighted by molar-refractivity contribution is 5.85. The van der Waals surface area contributed by atoms with Crippen LogP contribution in [0.3, 0.4) is 0 Å². The minimum atomic E-state index is -4.31. The Morgan fingerprint density at radius 3 is 2.14 bits per heavy atom. The summed E-state index contributed by atoms with van der Waals surface area (Å²) in [7, 11) is 0. The number of halogens is 4. The van der Waals surface area contributed by atoms with Gasteiger partial charge >= 0.3 is 12.1 Å². The first-order valence-electron chi connectivity index (χ1n) is 6.47. The van der Waals surface area contributed by atoms with E-state index in [1.165, 1.54) is 12.1 Å². The van der Waals surface area contributed by atoms with Crippen molar-refractivity contribution in [2.75, 3.05) is 13.1 Å². The summed E-state index contributed by atoms with van der Waals surface area (Å²) in [4.78, 5) is 12.9. The molecule has 3 nitrogen and oxygen atoms in total. The van der Waals surface area contributed by atoms with Crippen LogP contribution in [-0.2, 0) is 17.5 Å². The molecule has 1 fully saturated rings. The van der Waals surface area contributed by atoms with Gasteiger partial charge in [0.1, 0.15) is 0 Å². The number of carbonyl (C=O) groups is 1. The third-order valence-electron chi connectivity index (χ3n) is 3.62. The molecule has 1 aliphatic heterocycles. The van der Waals surface area contributed by atoms with Crippen LogP contribution in [0.2, 0.25) is 0 Å². The van der Waals surface area contributed by atoms with Crippen molar-refractivity contribution in [3.05, 3.63) is 35.4 Å². The van der Waals surface area contributed by atoms with Crippen molar-refractivity contribution in [1.82, 2.24) is 4.90 Å². The fraction of sp³-hybridized carbons (Fsp3) is 0.500. The summed E-state index contributed by atoms with van der Waals surface area (Å²) in [5, 5.41) is 8.90. The van der Waals surface area contributed by atoms with E-state index in [9.17, 15) is 18.0 Å². The van der Waals surface area contributed by atoms with E-state index in [0.717, 1.165) is 17.7 Å². The van der Waals surface area contributed by atoms with Crippen molar-refractivity contribution in [3.8, 4) is 0 Å². The van der Waals surface area contributed by atoms with E-state index in [1.807, 2.05) is 0 Å². The summed E-state index contributed by atoms with van der Waals surface area (Å²) < 4.78 is 37.3. The summed E-state index contributed by atoms with van der Waals surface area (Å²) in [5.41, 5.74) is 0.164. The first-order chi connectivity index (χ1) is 9.36. The molecule has 0 saturated carbocycles. The van der Waals surface area contributed by atoms with Crippen LogP contribution in [-0.4, -0.2) is 29.1 Å². The lowest BCUT2D eigenvalue weighted by Crippen LogP contribution is -2.35. The molecule has 1 saturated heterocycles. The molecular weight excluding hydrogens is 307 g/mol. The maximum atomic E-state index is 12.4. The molecule has 0 atom stereocenters. The van der Waals surface area contributed by atoms with Crippen LogP contribution in [0.4, 0.5) is 13.2 Å². The van der Waals surface area contributed by atoms with Gasteiger partial charge in [0.15, 0.2) is 0 Å². The van der Waals surface area contributed by atoms with Crippen LogP contribution in [0.1, 0.15) is 24.0 Å². The molecule has 7 heteroatoms. The van der Waals surface area contributed by atoms with Crippen LogP contribution in [0, 0.1) is 5.92 Å². The Hall–Kier alpha value is -1.27. The van der Waals surface area contributed by atoms with Crippen molar-refractivity contribution < 1.29 is 23.1 Å². The number of aliphatic carboxylic acids is 1. The molecule has 2 rings (SSSR count). The van der Waals surface area contributed by atoms with Gasteiger partial charge in [-0.05, 0) is 43.6 Å². The Balaban J connectivity index is 0.00000220. The summed E-state index contributed by atoms with van der Waals surface area (Å²) >= 11 is 0. The molecule has 0 spiro atoms. The van der Waals surface area contributed by atoms with Crippen molar-refractivity contribution in [1.29, 1.82) is 0 Å². The molecule has 0 aliphatic carbocycles. The third kappa shape index (κ3) is 4.89. The van der Waals surface area contributed by atoms with Gasteiger partial charge in [0.2, 0.25) is 0 Å². The van der Waals surface area contributed by atoms with Crippen LogP contribution in [0.15, 0.2) is 24.3 Å². The van der Waals surface area contributed by atoms with Crippen LogP contribution < -0.4 is 0 Å². The number of piperidine rings is 1. The van der Waals surface area contributed by atoms with Gasteiger partial charge in [-0.25, -0.2) is 0 Å². The average molecular weight is 324 g/mol. The van der Waals surface area contributed by atoms with Gasteiger partial charge in [0.05, 0.1) is 11.5 Å². The van der Waals surface area contributed by atoms with E-state index < -0.39 is 17.7 Å². The van der Waals surface area contributed by atoms with Gasteiger partial charge < -0.3 is 5.11 Å². The Morgan fingerprint density at radius 2 is 1.71 bits per heavy atom. The van der Waals surface area contributed by atoms with E-state index in [-0.39, 0.29) is 18.3 Å². The third-order valence-corrected chi connectivity index (χ3v) is 3.62. The average Bonchev–Trinajstić information content (AvgIpc) is 2.39. The number of carboxylic acids is 1. The normalized spacial score (nSPS) is 17.3. The number of hydrogen-bond donors (Lipinski definition) is 1. The van der Waals surface area contributed by atoms with Crippen molar-refractivity contribution >= 4 is 18.4 Å². The first kappa shape index (κ1) is 17.8. The van der Waals surface area contributed by atoms with Crippen molar-refractivity contribution in [2.45, 2.75) is 25.6 Å². The Morgan fingerprint density at radius 1 is 1.19 bits per heavy atom. The van der Waals surface area contributed by atoms with Gasteiger partial charge in [-0.1, -0.05) is 12.1 Å². The zero-order valence-electron chi connectivity index (χ0n) is 11.3. The predicted octanol–water partition coefficient (Wildman–Crippen LogP) is 3.42. The molecule has 1 N–H and O–H groups in total. The quantitative estimate of drug-likeness (QED) is 0.926. The minimum Gasteiger partial charge on any atom is -0.481 e. The highest BCUT2D eigenvalue weighted by Gasteiger charge is 2.30. The predicted molar refractivity (Wildman–Crippen MR) is 74.3 cm³/mol. The second-order valence-electron chi connectivity index (χ2n) is 5.08. The SMILES string of the molecule is Cl.O=C(O)C1CCN(Cc2ccc(C(F)(F)F)cc2)CC1. The van der Waals surface area contributed by atoms with Gasteiger partial charge in [0, 0.05) is 6.54 Å². The molecule has 0 unspecified atom stereocenters.